The van der Waals surface area contributed by atoms with Crippen LogP contribution in [0.1, 0.15) is 0 Å². The van der Waals surface area contributed by atoms with Gasteiger partial charge in [-0.1, -0.05) is 0 Å². The Labute approximate surface area is 93.0 Å². The Balaban J connectivity index is -0.0000000200. The molecule has 0 N–H and O–H groups in total. The van der Waals surface area contributed by atoms with E-state index in [4.69, 9.17) is 0 Å². The molecule has 0 saturated heterocycles. The van der Waals surface area contributed by atoms with Gasteiger partial charge in [-0.05, 0) is 0 Å². The van der Waals surface area contributed by atoms with Crippen LogP contribution in [-0.4, -0.2) is 67.3 Å². The quantitative estimate of drug-likeness (QED) is 0.458. The van der Waals surface area contributed by atoms with Gasteiger partial charge in [0.05, 0.1) is 23.7 Å². The summed E-state index contributed by atoms with van der Waals surface area (Å²) >= 11 is 8.53. The molecule has 1 nitrogen and oxygen atoms in total. The van der Waals surface area contributed by atoms with E-state index >= 15 is 0 Å². The Morgan fingerprint density at radius 1 is 1.20 bits per heavy atom. The normalized spacial score (nSPS) is 3.60. The van der Waals surface area contributed by atoms with E-state index in [1.54, 1.807) is 0 Å². The molecule has 0 amide bonds. The van der Waals surface area contributed by atoms with E-state index in [1.165, 1.54) is 0 Å². The van der Waals surface area contributed by atoms with Gasteiger partial charge >= 0.3 is 0 Å². The molecule has 0 spiro atoms. The number of rotatable bonds is 0. The molecule has 0 bridgehead atoms. The van der Waals surface area contributed by atoms with Crippen LogP contribution in [0.25, 0.3) is 0 Å². The third-order valence-corrected chi connectivity index (χ3v) is 0. The first kappa shape index (κ1) is 15.7. The average molecular weight is 150 g/mol. The number of hydrogen-bond acceptors (Lipinski definition) is 1. The molecule has 0 rings (SSSR count). The van der Waals surface area contributed by atoms with Crippen LogP contribution in [0.2, 0.25) is 0 Å². The van der Waals surface area contributed by atoms with Gasteiger partial charge in [-0.2, -0.15) is 3.84 Å². The molecule has 0 saturated carbocycles. The van der Waals surface area contributed by atoms with Crippen LogP contribution in [0.5, 0.6) is 0 Å². The minimum absolute atomic E-state index is 0. The molecular weight excluding hydrogens is 150 g/mol. The van der Waals surface area contributed by atoms with E-state index in [0.29, 0.717) is 0 Å². The summed E-state index contributed by atoms with van der Waals surface area (Å²) < 4.78 is 3.19. The SMILES string of the molecule is ClOCl.[Ca].[Na]. The largest absolute Gasteiger partial charge is 0.166 e. The summed E-state index contributed by atoms with van der Waals surface area (Å²) in [6.45, 7) is 0. The molecule has 0 heterocycles. The molecule has 3 radical (unpaired) electrons. The molecule has 5 heavy (non-hydrogen) atoms. The second kappa shape index (κ2) is 15.8. The van der Waals surface area contributed by atoms with Gasteiger partial charge in [0, 0.05) is 67.3 Å². The van der Waals surface area contributed by atoms with Crippen LogP contribution in [0.15, 0.2) is 0 Å². The number of halogens is 2. The minimum Gasteiger partial charge on any atom is -0.166 e. The third-order valence-electron chi connectivity index (χ3n) is 0. The van der Waals surface area contributed by atoms with Crippen LogP contribution in [-0.2, 0) is 3.84 Å². The zero-order valence-electron chi connectivity index (χ0n) is 2.87. The Bertz CT molecular complexity index is 9.61. The van der Waals surface area contributed by atoms with Crippen LogP contribution >= 0.6 is 23.7 Å². The van der Waals surface area contributed by atoms with Crippen molar-refractivity contribution >= 4 is 91.0 Å². The van der Waals surface area contributed by atoms with Crippen molar-refractivity contribution in [2.24, 2.45) is 0 Å². The van der Waals surface area contributed by atoms with Crippen molar-refractivity contribution < 1.29 is 3.84 Å². The van der Waals surface area contributed by atoms with Crippen molar-refractivity contribution in [1.29, 1.82) is 0 Å². The topological polar surface area (TPSA) is 9.23 Å². The van der Waals surface area contributed by atoms with Crippen molar-refractivity contribution in [3.63, 3.8) is 0 Å². The first-order valence-electron chi connectivity index (χ1n) is 0.309. The van der Waals surface area contributed by atoms with Gasteiger partial charge in [0.2, 0.25) is 0 Å². The van der Waals surface area contributed by atoms with Gasteiger partial charge in [0.25, 0.3) is 0 Å². The molecule has 0 fully saturated rings. The maximum absolute atomic E-state index is 4.26. The van der Waals surface area contributed by atoms with Gasteiger partial charge in [-0.25, -0.2) is 0 Å². The molecule has 0 aromatic heterocycles. The summed E-state index contributed by atoms with van der Waals surface area (Å²) in [4.78, 5) is 0. The molecule has 5 heteroatoms. The summed E-state index contributed by atoms with van der Waals surface area (Å²) in [5, 5.41) is 0. The van der Waals surface area contributed by atoms with E-state index in [-0.39, 0.29) is 67.3 Å². The fourth-order valence-electron chi connectivity index (χ4n) is 0. The van der Waals surface area contributed by atoms with Crippen molar-refractivity contribution in [2.75, 3.05) is 0 Å². The summed E-state index contributed by atoms with van der Waals surface area (Å²) in [7, 11) is 0. The molecule has 0 aliphatic heterocycles. The predicted molar refractivity (Wildman–Crippen MR) is 24.3 cm³/mol. The van der Waals surface area contributed by atoms with E-state index in [0.717, 1.165) is 0 Å². The monoisotopic (exact) mass is 149 g/mol. The Morgan fingerprint density at radius 3 is 1.20 bits per heavy atom. The van der Waals surface area contributed by atoms with E-state index in [9.17, 15) is 0 Å². The average Bonchev–Trinajstić information content (AvgIpc) is 0.918. The first-order chi connectivity index (χ1) is 1.41. The molecule has 0 aromatic rings. The Morgan fingerprint density at radius 2 is 1.20 bits per heavy atom. The molecule has 0 aromatic carbocycles. The minimum atomic E-state index is 0. The number of hydrogen-bond donors (Lipinski definition) is 0. The standard InChI is InChI=1S/Ca.Cl2O.Na/c;1-3-2;. The maximum atomic E-state index is 4.26. The van der Waals surface area contributed by atoms with Crippen molar-refractivity contribution in [1.82, 2.24) is 0 Å². The fraction of sp³-hybridized carbons (Fsp3) is 0. The smallest absolute Gasteiger partial charge is 0.0832 e. The van der Waals surface area contributed by atoms with E-state index < -0.39 is 0 Å². The van der Waals surface area contributed by atoms with Gasteiger partial charge in [-0.3, -0.25) is 0 Å². The molecule has 23 valence electrons. The fourth-order valence-corrected chi connectivity index (χ4v) is 0. The van der Waals surface area contributed by atoms with Crippen LogP contribution in [0, 0.1) is 0 Å². The summed E-state index contributed by atoms with van der Waals surface area (Å²) in [5.41, 5.74) is 0. The maximum Gasteiger partial charge on any atom is 0.0832 e. The zero-order valence-corrected chi connectivity index (χ0v) is 8.59. The van der Waals surface area contributed by atoms with Crippen LogP contribution in [0.4, 0.5) is 0 Å². The van der Waals surface area contributed by atoms with Gasteiger partial charge in [0.15, 0.2) is 0 Å². The molecule has 0 unspecified atom stereocenters. The van der Waals surface area contributed by atoms with Crippen molar-refractivity contribution in [3.05, 3.63) is 0 Å². The van der Waals surface area contributed by atoms with Crippen LogP contribution < -0.4 is 0 Å². The molecule has 0 atom stereocenters. The van der Waals surface area contributed by atoms with E-state index in [2.05, 4.69) is 27.6 Å². The van der Waals surface area contributed by atoms with E-state index in [1.807, 2.05) is 0 Å². The molecule has 0 aliphatic carbocycles. The van der Waals surface area contributed by atoms with Gasteiger partial charge < -0.3 is 0 Å². The Hall–Kier alpha value is 2.80. The summed E-state index contributed by atoms with van der Waals surface area (Å²) in [6.07, 6.45) is 0. The van der Waals surface area contributed by atoms with Gasteiger partial charge in [0.1, 0.15) is 0 Å². The van der Waals surface area contributed by atoms with Crippen molar-refractivity contribution in [3.8, 4) is 0 Å². The Kier molecular flexibility index (Phi) is 49.6. The zero-order chi connectivity index (χ0) is 2.71. The summed E-state index contributed by atoms with van der Waals surface area (Å²) in [6, 6.07) is 0. The first-order valence-corrected chi connectivity index (χ1v) is 0.926. The van der Waals surface area contributed by atoms with Crippen LogP contribution in [0.3, 0.4) is 0 Å². The molecule has 0 aliphatic rings. The summed E-state index contributed by atoms with van der Waals surface area (Å²) in [5.74, 6) is 0. The molecular formula is CaCl2NaO. The second-order valence-electron chi connectivity index (χ2n) is 0.0583. The van der Waals surface area contributed by atoms with Crippen molar-refractivity contribution in [2.45, 2.75) is 0 Å². The second-order valence-corrected chi connectivity index (χ2v) is 0.525. The predicted octanol–water partition coefficient (Wildman–Crippen LogP) is 0.549. The van der Waals surface area contributed by atoms with Gasteiger partial charge in [-0.15, -0.1) is 0 Å². The third kappa shape index (κ3) is 20.0.